The Morgan fingerprint density at radius 1 is 0.778 bits per heavy atom. The Hall–Kier alpha value is -2.87. The SMILES string of the molecule is COc1ccc(-c2cc(C(=O)c3ccccc3)[se]c2-c2ccccc2)cc1. The number of rotatable bonds is 5. The zero-order valence-electron chi connectivity index (χ0n) is 14.9. The van der Waals surface area contributed by atoms with Gasteiger partial charge < -0.3 is 0 Å². The Morgan fingerprint density at radius 3 is 2.04 bits per heavy atom. The topological polar surface area (TPSA) is 26.3 Å². The van der Waals surface area contributed by atoms with Gasteiger partial charge in [0.1, 0.15) is 0 Å². The molecule has 0 saturated carbocycles. The van der Waals surface area contributed by atoms with Gasteiger partial charge in [-0.2, -0.15) is 0 Å². The zero-order valence-corrected chi connectivity index (χ0v) is 16.6. The number of hydrogen-bond acceptors (Lipinski definition) is 2. The molecule has 0 unspecified atom stereocenters. The van der Waals surface area contributed by atoms with E-state index in [9.17, 15) is 4.79 Å². The number of hydrogen-bond donors (Lipinski definition) is 0. The van der Waals surface area contributed by atoms with Crippen LogP contribution in [0.3, 0.4) is 0 Å². The van der Waals surface area contributed by atoms with Crippen LogP contribution in [0, 0.1) is 0 Å². The number of ether oxygens (including phenoxy) is 1. The van der Waals surface area contributed by atoms with E-state index in [1.807, 2.05) is 60.7 Å². The average molecular weight is 417 g/mol. The molecule has 1 aromatic heterocycles. The first-order chi connectivity index (χ1) is 13.3. The van der Waals surface area contributed by atoms with Crippen LogP contribution in [0.5, 0.6) is 5.75 Å². The number of carbonyl (C=O) groups is 1. The van der Waals surface area contributed by atoms with Crippen molar-refractivity contribution in [2.75, 3.05) is 7.11 Å². The molecule has 2 nitrogen and oxygen atoms in total. The van der Waals surface area contributed by atoms with Crippen molar-refractivity contribution < 1.29 is 9.53 Å². The second-order valence-electron chi connectivity index (χ2n) is 6.14. The van der Waals surface area contributed by atoms with E-state index >= 15 is 0 Å². The van der Waals surface area contributed by atoms with E-state index in [0.717, 1.165) is 26.9 Å². The van der Waals surface area contributed by atoms with Crippen molar-refractivity contribution in [2.45, 2.75) is 0 Å². The van der Waals surface area contributed by atoms with Crippen molar-refractivity contribution in [1.29, 1.82) is 0 Å². The van der Waals surface area contributed by atoms with Crippen LogP contribution in [-0.2, 0) is 0 Å². The molecule has 4 aromatic rings. The fourth-order valence-electron chi connectivity index (χ4n) is 3.02. The van der Waals surface area contributed by atoms with Gasteiger partial charge in [-0.25, -0.2) is 0 Å². The summed E-state index contributed by atoms with van der Waals surface area (Å²) in [4.78, 5) is 13.0. The number of benzene rings is 3. The molecule has 132 valence electrons. The molecule has 27 heavy (non-hydrogen) atoms. The molecule has 0 fully saturated rings. The summed E-state index contributed by atoms with van der Waals surface area (Å²) in [7, 11) is 1.67. The van der Waals surface area contributed by atoms with E-state index in [1.54, 1.807) is 7.11 Å². The summed E-state index contributed by atoms with van der Waals surface area (Å²) in [5.41, 5.74) is 4.15. The molecule has 3 heteroatoms. The van der Waals surface area contributed by atoms with Gasteiger partial charge in [-0.15, -0.1) is 0 Å². The molecule has 1 heterocycles. The summed E-state index contributed by atoms with van der Waals surface area (Å²) < 4.78 is 7.41. The normalized spacial score (nSPS) is 10.6. The molecule has 0 atom stereocenters. The monoisotopic (exact) mass is 418 g/mol. The van der Waals surface area contributed by atoms with Crippen molar-refractivity contribution in [3.63, 3.8) is 0 Å². The molecular formula is C24H18O2Se. The summed E-state index contributed by atoms with van der Waals surface area (Å²) in [5, 5.41) is 0. The molecule has 0 radical (unpaired) electrons. The van der Waals surface area contributed by atoms with Gasteiger partial charge >= 0.3 is 165 Å². The Labute approximate surface area is 164 Å². The maximum absolute atomic E-state index is 13.0. The van der Waals surface area contributed by atoms with Crippen molar-refractivity contribution in [3.05, 3.63) is 101 Å². The minimum atomic E-state index is -0.0382. The number of methoxy groups -OCH3 is 1. The van der Waals surface area contributed by atoms with Gasteiger partial charge in [0.2, 0.25) is 0 Å². The van der Waals surface area contributed by atoms with Crippen LogP contribution in [0.4, 0.5) is 0 Å². The molecule has 0 aliphatic rings. The molecule has 0 amide bonds. The number of ketones is 1. The predicted molar refractivity (Wildman–Crippen MR) is 111 cm³/mol. The van der Waals surface area contributed by atoms with Crippen LogP contribution >= 0.6 is 0 Å². The second-order valence-corrected chi connectivity index (χ2v) is 8.35. The quantitative estimate of drug-likeness (QED) is 0.325. The van der Waals surface area contributed by atoms with Crippen LogP contribution < -0.4 is 4.74 Å². The van der Waals surface area contributed by atoms with Gasteiger partial charge in [0.05, 0.1) is 0 Å². The zero-order chi connectivity index (χ0) is 18.6. The fraction of sp³-hybridized carbons (Fsp3) is 0.0417. The van der Waals surface area contributed by atoms with Crippen LogP contribution in [0.15, 0.2) is 91.0 Å². The van der Waals surface area contributed by atoms with Crippen LogP contribution in [0.25, 0.3) is 21.1 Å². The summed E-state index contributed by atoms with van der Waals surface area (Å²) in [5.74, 6) is 0.946. The van der Waals surface area contributed by atoms with Crippen molar-refractivity contribution in [2.24, 2.45) is 0 Å². The van der Waals surface area contributed by atoms with E-state index in [-0.39, 0.29) is 20.3 Å². The Balaban J connectivity index is 1.83. The molecule has 0 bridgehead atoms. The Kier molecular flexibility index (Phi) is 5.06. The molecule has 0 aliphatic heterocycles. The first kappa shape index (κ1) is 17.5. The Morgan fingerprint density at radius 2 is 1.41 bits per heavy atom. The van der Waals surface area contributed by atoms with E-state index in [4.69, 9.17) is 4.74 Å². The standard InChI is InChI=1S/C24H18O2Se/c1-26-20-14-12-17(13-15-20)21-16-22(23(25)18-8-4-2-5-9-18)27-24(21)19-10-6-3-7-11-19/h2-16H,1H3. The van der Waals surface area contributed by atoms with Crippen LogP contribution in [0.1, 0.15) is 14.8 Å². The molecule has 4 rings (SSSR count). The fourth-order valence-corrected chi connectivity index (χ4v) is 5.43. The first-order valence-electron chi connectivity index (χ1n) is 8.69. The van der Waals surface area contributed by atoms with Crippen LogP contribution in [0.2, 0.25) is 0 Å². The summed E-state index contributed by atoms with van der Waals surface area (Å²) in [6.45, 7) is 0. The summed E-state index contributed by atoms with van der Waals surface area (Å²) in [6.07, 6.45) is 0. The van der Waals surface area contributed by atoms with E-state index in [1.165, 1.54) is 10.0 Å². The van der Waals surface area contributed by atoms with Gasteiger partial charge in [0, 0.05) is 0 Å². The third kappa shape index (κ3) is 3.66. The maximum atomic E-state index is 13.0. The molecule has 0 N–H and O–H groups in total. The van der Waals surface area contributed by atoms with Crippen molar-refractivity contribution in [3.8, 4) is 26.9 Å². The van der Waals surface area contributed by atoms with Gasteiger partial charge in [0.15, 0.2) is 0 Å². The van der Waals surface area contributed by atoms with Gasteiger partial charge in [-0.05, 0) is 0 Å². The summed E-state index contributed by atoms with van der Waals surface area (Å²) >= 11 is -0.0382. The van der Waals surface area contributed by atoms with E-state index in [0.29, 0.717) is 0 Å². The third-order valence-electron chi connectivity index (χ3n) is 4.43. The molecular weight excluding hydrogens is 399 g/mol. The first-order valence-corrected chi connectivity index (χ1v) is 10.4. The molecule has 0 spiro atoms. The van der Waals surface area contributed by atoms with Crippen molar-refractivity contribution >= 4 is 20.3 Å². The second kappa shape index (κ2) is 7.79. The average Bonchev–Trinajstić information content (AvgIpc) is 3.20. The van der Waals surface area contributed by atoms with Gasteiger partial charge in [-0.3, -0.25) is 0 Å². The van der Waals surface area contributed by atoms with Gasteiger partial charge in [-0.1, -0.05) is 0 Å². The summed E-state index contributed by atoms with van der Waals surface area (Å²) in [6, 6.07) is 29.9. The van der Waals surface area contributed by atoms with Gasteiger partial charge in [0.25, 0.3) is 0 Å². The Bertz CT molecular complexity index is 1050. The van der Waals surface area contributed by atoms with Crippen molar-refractivity contribution in [1.82, 2.24) is 0 Å². The van der Waals surface area contributed by atoms with Crippen LogP contribution in [-0.4, -0.2) is 27.4 Å². The predicted octanol–water partition coefficient (Wildman–Crippen LogP) is 5.32. The van der Waals surface area contributed by atoms with E-state index < -0.39 is 0 Å². The van der Waals surface area contributed by atoms with E-state index in [2.05, 4.69) is 30.3 Å². The molecule has 0 saturated heterocycles. The molecule has 3 aromatic carbocycles. The third-order valence-corrected chi connectivity index (χ3v) is 6.91. The molecule has 0 aliphatic carbocycles. The minimum absolute atomic E-state index is 0.0382. The number of carbonyl (C=O) groups excluding carboxylic acids is 1.